The number of nitrogens with zero attached hydrogens (tertiary/aromatic N) is 5. The third kappa shape index (κ3) is 3.41. The number of fused-ring (bicyclic) bond motifs is 1. The second-order valence-electron chi connectivity index (χ2n) is 5.57. The quantitative estimate of drug-likeness (QED) is 0.641. The molecule has 0 amide bonds. The van der Waals surface area contributed by atoms with Crippen molar-refractivity contribution in [2.45, 2.75) is 32.3 Å². The molecule has 0 saturated carbocycles. The zero-order chi connectivity index (χ0) is 19.1. The highest BCUT2D eigenvalue weighted by Crippen LogP contribution is 2.27. The first-order valence-electron chi connectivity index (χ1n) is 7.38. The van der Waals surface area contributed by atoms with Crippen LogP contribution < -0.4 is 4.74 Å². The van der Waals surface area contributed by atoms with Crippen LogP contribution in [0, 0.1) is 5.82 Å². The molecule has 11 heteroatoms. The van der Waals surface area contributed by atoms with Gasteiger partial charge in [-0.1, -0.05) is 0 Å². The Morgan fingerprint density at radius 2 is 1.92 bits per heavy atom. The topological polar surface area (TPSA) is 65.2 Å². The summed E-state index contributed by atoms with van der Waals surface area (Å²) in [4.78, 5) is 3.66. The van der Waals surface area contributed by atoms with Gasteiger partial charge >= 0.3 is 5.92 Å². The predicted molar refractivity (Wildman–Crippen MR) is 79.6 cm³/mol. The van der Waals surface area contributed by atoms with E-state index in [9.17, 15) is 22.0 Å². The normalized spacial score (nSPS) is 13.4. The van der Waals surface area contributed by atoms with Gasteiger partial charge in [-0.3, -0.25) is 0 Å². The Hall–Kier alpha value is -2.85. The lowest BCUT2D eigenvalue weighted by molar-refractivity contribution is 0.00563. The number of ether oxygens (including phenoxy) is 1. The standard InChI is InChI=1S/C15H12F5N5O/c1-7(12(17)18)26-13-9(16)5-8(6-21-13)10-3-4-11-22-23-14(15(2,19)20)25(11)24-10/h3-7,12H,1-2H3/t7-/m1/s1. The largest absolute Gasteiger partial charge is 0.466 e. The average Bonchev–Trinajstić information content (AvgIpc) is 2.99. The molecule has 138 valence electrons. The van der Waals surface area contributed by atoms with E-state index < -0.39 is 36.0 Å². The Kier molecular flexibility index (Phi) is 4.46. The van der Waals surface area contributed by atoms with Crippen molar-refractivity contribution in [1.29, 1.82) is 0 Å². The number of aromatic nitrogens is 5. The van der Waals surface area contributed by atoms with Crippen LogP contribution in [0.2, 0.25) is 0 Å². The van der Waals surface area contributed by atoms with Gasteiger partial charge in [-0.05, 0) is 25.1 Å². The Morgan fingerprint density at radius 1 is 1.19 bits per heavy atom. The van der Waals surface area contributed by atoms with Gasteiger partial charge in [0, 0.05) is 18.7 Å². The fraction of sp³-hybridized carbons (Fsp3) is 0.333. The highest BCUT2D eigenvalue weighted by Gasteiger charge is 2.31. The third-order valence-corrected chi connectivity index (χ3v) is 3.41. The van der Waals surface area contributed by atoms with Crippen LogP contribution in [-0.2, 0) is 5.92 Å². The summed E-state index contributed by atoms with van der Waals surface area (Å²) in [5.41, 5.74) is 0.340. The summed E-state index contributed by atoms with van der Waals surface area (Å²) in [7, 11) is 0. The molecule has 0 aliphatic rings. The summed E-state index contributed by atoms with van der Waals surface area (Å²) >= 11 is 0. The van der Waals surface area contributed by atoms with Crippen molar-refractivity contribution in [2.24, 2.45) is 0 Å². The van der Waals surface area contributed by atoms with Gasteiger partial charge in [0.1, 0.15) is 0 Å². The fourth-order valence-electron chi connectivity index (χ4n) is 2.10. The molecule has 3 aromatic rings. The van der Waals surface area contributed by atoms with Crippen molar-refractivity contribution in [1.82, 2.24) is 24.8 Å². The zero-order valence-corrected chi connectivity index (χ0v) is 13.5. The molecular weight excluding hydrogens is 361 g/mol. The van der Waals surface area contributed by atoms with Gasteiger partial charge in [0.25, 0.3) is 12.3 Å². The van der Waals surface area contributed by atoms with E-state index >= 15 is 0 Å². The SMILES string of the molecule is C[C@@H](Oc1ncc(-c2ccc3nnc(C(C)(F)F)n3n2)cc1F)C(F)F. The Bertz CT molecular complexity index is 940. The molecule has 3 heterocycles. The van der Waals surface area contributed by atoms with Crippen molar-refractivity contribution in [3.05, 3.63) is 36.0 Å². The fourth-order valence-corrected chi connectivity index (χ4v) is 2.10. The maximum Gasteiger partial charge on any atom is 0.305 e. The molecule has 0 bridgehead atoms. The monoisotopic (exact) mass is 373 g/mol. The maximum atomic E-state index is 14.1. The average molecular weight is 373 g/mol. The van der Waals surface area contributed by atoms with Crippen molar-refractivity contribution < 1.29 is 26.7 Å². The van der Waals surface area contributed by atoms with Gasteiger partial charge in [0.05, 0.1) is 5.69 Å². The molecule has 6 nitrogen and oxygen atoms in total. The molecule has 0 N–H and O–H groups in total. The van der Waals surface area contributed by atoms with Gasteiger partial charge in [0.2, 0.25) is 5.82 Å². The van der Waals surface area contributed by atoms with Crippen LogP contribution in [0.25, 0.3) is 16.9 Å². The lowest BCUT2D eigenvalue weighted by Crippen LogP contribution is -2.22. The van der Waals surface area contributed by atoms with Gasteiger partial charge in [-0.15, -0.1) is 10.2 Å². The van der Waals surface area contributed by atoms with E-state index in [-0.39, 0.29) is 16.9 Å². The molecule has 0 spiro atoms. The molecular formula is C15H12F5N5O. The molecule has 0 saturated heterocycles. The third-order valence-electron chi connectivity index (χ3n) is 3.41. The number of pyridine rings is 1. The lowest BCUT2D eigenvalue weighted by atomic mass is 10.2. The zero-order valence-electron chi connectivity index (χ0n) is 13.5. The first kappa shape index (κ1) is 18.0. The molecule has 0 aromatic carbocycles. The van der Waals surface area contributed by atoms with Gasteiger partial charge in [-0.2, -0.15) is 18.4 Å². The van der Waals surface area contributed by atoms with E-state index in [1.807, 2.05) is 0 Å². The summed E-state index contributed by atoms with van der Waals surface area (Å²) in [5.74, 6) is -5.53. The molecule has 3 aromatic heterocycles. The van der Waals surface area contributed by atoms with Crippen LogP contribution >= 0.6 is 0 Å². The van der Waals surface area contributed by atoms with Gasteiger partial charge < -0.3 is 4.74 Å². The lowest BCUT2D eigenvalue weighted by Gasteiger charge is -2.13. The number of alkyl halides is 4. The molecule has 1 atom stereocenters. The van der Waals surface area contributed by atoms with Crippen LogP contribution in [0.3, 0.4) is 0 Å². The second-order valence-corrected chi connectivity index (χ2v) is 5.57. The van der Waals surface area contributed by atoms with Crippen LogP contribution in [0.1, 0.15) is 19.7 Å². The first-order valence-corrected chi connectivity index (χ1v) is 7.38. The molecule has 0 fully saturated rings. The molecule has 0 aliphatic carbocycles. The van der Waals surface area contributed by atoms with Crippen molar-refractivity contribution >= 4 is 5.65 Å². The van der Waals surface area contributed by atoms with Crippen molar-refractivity contribution in [2.75, 3.05) is 0 Å². The van der Waals surface area contributed by atoms with Gasteiger partial charge in [-0.25, -0.2) is 18.2 Å². The Labute approximate surface area is 143 Å². The van der Waals surface area contributed by atoms with Crippen LogP contribution in [0.5, 0.6) is 5.88 Å². The number of hydrogen-bond acceptors (Lipinski definition) is 5. The number of rotatable bonds is 5. The van der Waals surface area contributed by atoms with Gasteiger partial charge in [0.15, 0.2) is 17.6 Å². The summed E-state index contributed by atoms with van der Waals surface area (Å²) < 4.78 is 71.7. The molecule has 0 aliphatic heterocycles. The minimum atomic E-state index is -3.28. The molecule has 0 radical (unpaired) electrons. The highest BCUT2D eigenvalue weighted by molar-refractivity contribution is 5.59. The molecule has 26 heavy (non-hydrogen) atoms. The molecule has 3 rings (SSSR count). The van der Waals surface area contributed by atoms with E-state index in [2.05, 4.69) is 20.3 Å². The van der Waals surface area contributed by atoms with E-state index in [1.54, 1.807) is 0 Å². The Balaban J connectivity index is 1.97. The van der Waals surface area contributed by atoms with Crippen LogP contribution in [-0.4, -0.2) is 37.3 Å². The summed E-state index contributed by atoms with van der Waals surface area (Å²) in [6.07, 6.45) is -3.20. The van der Waals surface area contributed by atoms with E-state index in [4.69, 9.17) is 4.74 Å². The van der Waals surface area contributed by atoms with E-state index in [0.29, 0.717) is 6.92 Å². The maximum absolute atomic E-state index is 14.1. The van der Waals surface area contributed by atoms with Crippen molar-refractivity contribution in [3.8, 4) is 17.1 Å². The van der Waals surface area contributed by atoms with E-state index in [1.165, 1.54) is 12.1 Å². The van der Waals surface area contributed by atoms with E-state index in [0.717, 1.165) is 23.7 Å². The smallest absolute Gasteiger partial charge is 0.305 e. The number of hydrogen-bond donors (Lipinski definition) is 0. The summed E-state index contributed by atoms with van der Waals surface area (Å²) in [6.45, 7) is 1.73. The predicted octanol–water partition coefficient (Wildman–Crippen LogP) is 3.47. The first-order chi connectivity index (χ1) is 12.2. The minimum Gasteiger partial charge on any atom is -0.466 e. The summed E-state index contributed by atoms with van der Waals surface area (Å²) in [6, 6.07) is 3.76. The molecule has 0 unspecified atom stereocenters. The Morgan fingerprint density at radius 3 is 2.54 bits per heavy atom. The van der Waals surface area contributed by atoms with Crippen molar-refractivity contribution in [3.63, 3.8) is 0 Å². The summed E-state index contributed by atoms with van der Waals surface area (Å²) in [5, 5.41) is 11.0. The minimum absolute atomic E-state index is 0.0874. The highest BCUT2D eigenvalue weighted by atomic mass is 19.3. The number of halogens is 5. The van der Waals surface area contributed by atoms with Crippen LogP contribution in [0.4, 0.5) is 22.0 Å². The van der Waals surface area contributed by atoms with Crippen LogP contribution in [0.15, 0.2) is 24.4 Å². The second kappa shape index (κ2) is 6.46.